The van der Waals surface area contributed by atoms with Crippen LogP contribution in [0.4, 0.5) is 5.69 Å². The molecule has 1 aromatic carbocycles. The van der Waals surface area contributed by atoms with Crippen molar-refractivity contribution in [2.45, 2.75) is 131 Å². The van der Waals surface area contributed by atoms with Crippen LogP contribution >= 0.6 is 0 Å². The van der Waals surface area contributed by atoms with Crippen molar-refractivity contribution in [2.75, 3.05) is 72.0 Å². The van der Waals surface area contributed by atoms with Crippen molar-refractivity contribution in [1.29, 1.82) is 0 Å². The van der Waals surface area contributed by atoms with Crippen LogP contribution in [0.3, 0.4) is 0 Å². The molecule has 326 valence electrons. The van der Waals surface area contributed by atoms with E-state index in [1.807, 2.05) is 51.3 Å². The molecule has 1 aliphatic rings. The van der Waals surface area contributed by atoms with Crippen LogP contribution in [0.15, 0.2) is 24.3 Å². The van der Waals surface area contributed by atoms with Crippen LogP contribution in [0.5, 0.6) is 0 Å². The molecule has 57 heavy (non-hydrogen) atoms. The number of nitrogens with zero attached hydrogens (tertiary/aromatic N) is 5. The average Bonchev–Trinajstić information content (AvgIpc) is 3.07. The smallest absolute Gasteiger partial charge is 0.320 e. The van der Waals surface area contributed by atoms with E-state index in [2.05, 4.69) is 4.90 Å². The van der Waals surface area contributed by atoms with Gasteiger partial charge < -0.3 is 29.4 Å². The molecule has 2 rings (SSSR count). The van der Waals surface area contributed by atoms with Gasteiger partial charge in [0.1, 0.15) is 22.4 Å². The summed E-state index contributed by atoms with van der Waals surface area (Å²) in [7, 11) is 0. The predicted octanol–water partition coefficient (Wildman–Crippen LogP) is 4.66. The SMILES string of the molecule is CC(C)(C)OC(=O)CN1CCN(CC(=O)OC(C)(C)C)CCN(CC(CCCc2ccc([N+]([O-])([O-])O)cc2)N(CC(=O)OC(C)(C)C)CC(=O)OC(C)(C)C)CC1. The Kier molecular flexibility index (Phi) is 18.5. The number of aryl methyl sites for hydroxylation is 1. The summed E-state index contributed by atoms with van der Waals surface area (Å²) in [6, 6.07) is 5.44. The Labute approximate surface area is 340 Å². The van der Waals surface area contributed by atoms with Crippen LogP contribution in [-0.4, -0.2) is 149 Å². The van der Waals surface area contributed by atoms with Gasteiger partial charge in [-0.2, -0.15) is 0 Å². The number of hydrogen-bond donors (Lipinski definition) is 1. The fourth-order valence-corrected chi connectivity index (χ4v) is 6.27. The number of carbonyl (C=O) groups excluding carboxylic acids is 4. The van der Waals surface area contributed by atoms with Gasteiger partial charge in [0.25, 0.3) is 0 Å². The minimum absolute atomic E-state index is 0.0615. The van der Waals surface area contributed by atoms with E-state index >= 15 is 0 Å². The van der Waals surface area contributed by atoms with Crippen LogP contribution in [0, 0.1) is 10.4 Å². The monoisotopic (exact) mass is 809 g/mol. The fraction of sp³-hybridized carbons (Fsp3) is 0.756. The first-order valence-corrected chi connectivity index (χ1v) is 19.9. The summed E-state index contributed by atoms with van der Waals surface area (Å²) in [6.07, 6.45) is 1.66. The molecule has 0 spiro atoms. The number of hydrogen-bond acceptors (Lipinski definition) is 15. The topological polar surface area (TPSA) is 185 Å². The number of benzene rings is 1. The van der Waals surface area contributed by atoms with E-state index in [0.717, 1.165) is 5.56 Å². The van der Waals surface area contributed by atoms with Crippen molar-refractivity contribution >= 4 is 29.6 Å². The Morgan fingerprint density at radius 3 is 1.33 bits per heavy atom. The van der Waals surface area contributed by atoms with Gasteiger partial charge >= 0.3 is 23.9 Å². The van der Waals surface area contributed by atoms with Gasteiger partial charge in [-0.1, -0.05) is 12.1 Å². The number of quaternary nitrogens is 1. The molecule has 0 radical (unpaired) electrons. The molecule has 0 amide bonds. The van der Waals surface area contributed by atoms with Crippen molar-refractivity contribution < 1.29 is 43.3 Å². The quantitative estimate of drug-likeness (QED) is 0.105. The first kappa shape index (κ1) is 49.9. The summed E-state index contributed by atoms with van der Waals surface area (Å²) in [6.45, 7) is 24.9. The number of carbonyl (C=O) groups is 4. The van der Waals surface area contributed by atoms with Gasteiger partial charge in [-0.15, -0.1) is 0 Å². The first-order valence-electron chi connectivity index (χ1n) is 19.9. The van der Waals surface area contributed by atoms with Crippen molar-refractivity contribution in [3.8, 4) is 0 Å². The zero-order valence-electron chi connectivity index (χ0n) is 36.6. The van der Waals surface area contributed by atoms with Gasteiger partial charge in [-0.25, -0.2) is 10.2 Å². The highest BCUT2D eigenvalue weighted by Crippen LogP contribution is 2.21. The highest BCUT2D eigenvalue weighted by Gasteiger charge is 2.31. The van der Waals surface area contributed by atoms with Crippen LogP contribution in [0.1, 0.15) is 101 Å². The predicted molar refractivity (Wildman–Crippen MR) is 218 cm³/mol. The van der Waals surface area contributed by atoms with Crippen molar-refractivity contribution in [2.24, 2.45) is 0 Å². The lowest BCUT2D eigenvalue weighted by Gasteiger charge is -2.36. The minimum Gasteiger partial charge on any atom is -0.592 e. The molecule has 1 heterocycles. The molecule has 16 heteroatoms. The summed E-state index contributed by atoms with van der Waals surface area (Å²) in [4.78, 5) is 58.0. The molecule has 16 nitrogen and oxygen atoms in total. The maximum atomic E-state index is 13.4. The van der Waals surface area contributed by atoms with Crippen molar-refractivity contribution in [3.05, 3.63) is 40.2 Å². The first-order chi connectivity index (χ1) is 26.0. The maximum absolute atomic E-state index is 13.4. The second kappa shape index (κ2) is 21.2. The molecule has 1 atom stereocenters. The Bertz CT molecular complexity index is 1370. The lowest BCUT2D eigenvalue weighted by atomic mass is 10.0. The van der Waals surface area contributed by atoms with E-state index in [9.17, 15) is 34.8 Å². The molecule has 0 bridgehead atoms. The number of ether oxygens (including phenoxy) is 4. The summed E-state index contributed by atoms with van der Waals surface area (Å²) in [5.74, 6) is -1.70. The third-order valence-electron chi connectivity index (χ3n) is 8.50. The van der Waals surface area contributed by atoms with Gasteiger partial charge in [0.2, 0.25) is 0 Å². The summed E-state index contributed by atoms with van der Waals surface area (Å²) >= 11 is 0. The minimum atomic E-state index is -2.77. The summed E-state index contributed by atoms with van der Waals surface area (Å²) < 4.78 is 22.7. The Morgan fingerprint density at radius 1 is 0.632 bits per heavy atom. The van der Waals surface area contributed by atoms with Gasteiger partial charge in [0, 0.05) is 64.0 Å². The highest BCUT2D eigenvalue weighted by molar-refractivity contribution is 5.75. The molecule has 1 aliphatic heterocycles. The van der Waals surface area contributed by atoms with Crippen LogP contribution in [0.2, 0.25) is 0 Å². The summed E-state index contributed by atoms with van der Waals surface area (Å²) in [5, 5.41) is 32.2. The van der Waals surface area contributed by atoms with Gasteiger partial charge in [0.05, 0.1) is 26.2 Å². The lowest BCUT2D eigenvalue weighted by molar-refractivity contribution is -0.161. The van der Waals surface area contributed by atoms with Gasteiger partial charge in [-0.05, 0) is 108 Å². The summed E-state index contributed by atoms with van der Waals surface area (Å²) in [5.41, 5.74) is -2.33. The van der Waals surface area contributed by atoms with Crippen molar-refractivity contribution in [1.82, 2.24) is 24.6 Å². The van der Waals surface area contributed by atoms with E-state index in [4.69, 9.17) is 18.9 Å². The number of rotatable bonds is 16. The van der Waals surface area contributed by atoms with Crippen LogP contribution in [0.25, 0.3) is 0 Å². The third kappa shape index (κ3) is 22.5. The Balaban J connectivity index is 2.48. The zero-order valence-corrected chi connectivity index (χ0v) is 36.6. The molecular weight excluding hydrogens is 738 g/mol. The van der Waals surface area contributed by atoms with E-state index in [-0.39, 0.29) is 49.8 Å². The molecule has 1 unspecified atom stereocenters. The standard InChI is InChI=1S/C41H70N5O11/c1-38(2,3)54-34(47)27-43-22-20-42(21-23-44(25-24-43)28-35(48)55-39(4,5)6)26-32(15-13-14-31-16-18-33(19-17-31)46(51,52)53)45(29-36(49)56-40(7,8)9)30-37(50)57-41(10,11)12/h16-19,32,51H,13-15,20-30H2,1-12H3/q-1. The molecule has 0 aliphatic carbocycles. The largest absolute Gasteiger partial charge is 0.592 e. The van der Waals surface area contributed by atoms with E-state index in [0.29, 0.717) is 65.1 Å². The molecule has 0 saturated carbocycles. The van der Waals surface area contributed by atoms with Crippen LogP contribution < -0.4 is 4.97 Å². The zero-order chi connectivity index (χ0) is 43.4. The Morgan fingerprint density at radius 2 is 0.982 bits per heavy atom. The molecule has 1 aromatic rings. The van der Waals surface area contributed by atoms with Crippen molar-refractivity contribution in [3.63, 3.8) is 0 Å². The molecule has 1 N–H and O–H groups in total. The lowest BCUT2D eigenvalue weighted by Crippen LogP contribution is -2.51. The fourth-order valence-electron chi connectivity index (χ4n) is 6.27. The molecule has 0 aromatic heterocycles. The third-order valence-corrected chi connectivity index (χ3v) is 8.50. The molecule has 1 saturated heterocycles. The number of esters is 4. The van der Waals surface area contributed by atoms with E-state index < -0.39 is 39.3 Å². The Hall–Kier alpha value is -3.22. The average molecular weight is 809 g/mol. The molecular formula is C41H70N5O11-. The second-order valence-corrected chi connectivity index (χ2v) is 18.8. The molecule has 1 fully saturated rings. The van der Waals surface area contributed by atoms with E-state index in [1.54, 1.807) is 58.6 Å². The van der Waals surface area contributed by atoms with Crippen LogP contribution in [-0.2, 0) is 44.5 Å². The maximum Gasteiger partial charge on any atom is 0.320 e. The highest BCUT2D eigenvalue weighted by atomic mass is 17.1. The normalized spacial score (nSPS) is 16.6. The van der Waals surface area contributed by atoms with E-state index in [1.165, 1.54) is 12.1 Å². The van der Waals surface area contributed by atoms with Gasteiger partial charge in [-0.3, -0.25) is 38.8 Å². The second-order valence-electron chi connectivity index (χ2n) is 18.8. The van der Waals surface area contributed by atoms with Gasteiger partial charge in [0.15, 0.2) is 5.69 Å².